The van der Waals surface area contributed by atoms with Gasteiger partial charge in [-0.3, -0.25) is 25.0 Å². The number of amides is 1. The van der Waals surface area contributed by atoms with Crippen LogP contribution in [-0.4, -0.2) is 21.8 Å². The number of hydrogen-bond donors (Lipinski definition) is 1. The second-order valence-electron chi connectivity index (χ2n) is 5.51. The quantitative estimate of drug-likeness (QED) is 0.623. The van der Waals surface area contributed by atoms with Crippen molar-refractivity contribution in [1.82, 2.24) is 5.32 Å². The second kappa shape index (κ2) is 6.89. The molecule has 1 N–H and O–H groups in total. The summed E-state index contributed by atoms with van der Waals surface area (Å²) in [6.07, 6.45) is 1.91. The van der Waals surface area contributed by atoms with Gasteiger partial charge in [-0.2, -0.15) is 0 Å². The molecule has 0 unspecified atom stereocenters. The Balaban J connectivity index is 1.93. The van der Waals surface area contributed by atoms with Gasteiger partial charge < -0.3 is 5.32 Å². The van der Waals surface area contributed by atoms with Gasteiger partial charge in [0, 0.05) is 17.0 Å². The van der Waals surface area contributed by atoms with Crippen LogP contribution in [0.1, 0.15) is 23.2 Å². The van der Waals surface area contributed by atoms with E-state index in [0.717, 1.165) is 30.7 Å². The zero-order valence-electron chi connectivity index (χ0n) is 12.9. The lowest BCUT2D eigenvalue weighted by atomic mass is 10.2. The minimum absolute atomic E-state index is 0.194. The third-order valence-corrected chi connectivity index (χ3v) is 4.76. The van der Waals surface area contributed by atoms with E-state index in [1.54, 1.807) is 24.3 Å². The molecular formula is C16H13N3O5S. The maximum Gasteiger partial charge on any atom is 0.290 e. The first-order valence-electron chi connectivity index (χ1n) is 7.46. The van der Waals surface area contributed by atoms with Gasteiger partial charge in [0.05, 0.1) is 26.4 Å². The highest BCUT2D eigenvalue weighted by Crippen LogP contribution is 2.38. The highest BCUT2D eigenvalue weighted by Gasteiger charge is 2.26. The van der Waals surface area contributed by atoms with E-state index in [1.165, 1.54) is 12.1 Å². The van der Waals surface area contributed by atoms with E-state index in [4.69, 9.17) is 0 Å². The Labute approximate surface area is 146 Å². The number of carbonyl (C=O) groups is 1. The van der Waals surface area contributed by atoms with Crippen molar-refractivity contribution in [1.29, 1.82) is 0 Å². The van der Waals surface area contributed by atoms with Crippen LogP contribution in [0, 0.1) is 20.2 Å². The van der Waals surface area contributed by atoms with E-state index in [1.807, 2.05) is 0 Å². The Morgan fingerprint density at radius 3 is 2.40 bits per heavy atom. The fraction of sp³-hybridized carbons (Fsp3) is 0.188. The fourth-order valence-corrected chi connectivity index (χ4v) is 3.23. The standard InChI is InChI=1S/C16H13N3O5S/c20-16(17-10-5-6-10)12-3-1-2-4-14(12)25-15-8-7-11(18(21)22)9-13(15)19(23)24/h1-4,7-10H,5-6H2,(H,17,20). The Kier molecular flexibility index (Phi) is 4.66. The molecule has 9 heteroatoms. The molecule has 1 saturated carbocycles. The Bertz CT molecular complexity index is 867. The van der Waals surface area contributed by atoms with Crippen molar-refractivity contribution >= 4 is 29.0 Å². The van der Waals surface area contributed by atoms with Crippen molar-refractivity contribution in [3.05, 3.63) is 68.3 Å². The first-order valence-corrected chi connectivity index (χ1v) is 8.28. The molecule has 2 aromatic carbocycles. The van der Waals surface area contributed by atoms with E-state index in [0.29, 0.717) is 10.5 Å². The topological polar surface area (TPSA) is 115 Å². The summed E-state index contributed by atoms with van der Waals surface area (Å²) in [6, 6.07) is 10.5. The van der Waals surface area contributed by atoms with E-state index < -0.39 is 9.85 Å². The molecule has 0 spiro atoms. The average Bonchev–Trinajstić information content (AvgIpc) is 3.39. The molecular weight excluding hydrogens is 346 g/mol. The molecule has 25 heavy (non-hydrogen) atoms. The summed E-state index contributed by atoms with van der Waals surface area (Å²) in [5.41, 5.74) is -0.292. The average molecular weight is 359 g/mol. The number of benzene rings is 2. The normalized spacial score (nSPS) is 13.3. The zero-order valence-corrected chi connectivity index (χ0v) is 13.7. The van der Waals surface area contributed by atoms with Crippen LogP contribution in [0.2, 0.25) is 0 Å². The Morgan fingerprint density at radius 1 is 1.04 bits per heavy atom. The smallest absolute Gasteiger partial charge is 0.290 e. The summed E-state index contributed by atoms with van der Waals surface area (Å²) in [6.45, 7) is 0. The molecule has 1 aliphatic carbocycles. The fourth-order valence-electron chi connectivity index (χ4n) is 2.20. The Morgan fingerprint density at radius 2 is 1.76 bits per heavy atom. The molecule has 0 radical (unpaired) electrons. The van der Waals surface area contributed by atoms with Gasteiger partial charge in [0.2, 0.25) is 0 Å². The van der Waals surface area contributed by atoms with Gasteiger partial charge in [-0.15, -0.1) is 0 Å². The van der Waals surface area contributed by atoms with Crippen LogP contribution >= 0.6 is 11.8 Å². The number of nitro benzene ring substituents is 2. The minimum Gasteiger partial charge on any atom is -0.349 e. The molecule has 0 atom stereocenters. The van der Waals surface area contributed by atoms with Gasteiger partial charge >= 0.3 is 0 Å². The van der Waals surface area contributed by atoms with Crippen LogP contribution in [0.5, 0.6) is 0 Å². The number of nitrogens with one attached hydrogen (secondary N) is 1. The zero-order chi connectivity index (χ0) is 18.0. The van der Waals surface area contributed by atoms with Gasteiger partial charge in [-0.05, 0) is 31.0 Å². The highest BCUT2D eigenvalue weighted by molar-refractivity contribution is 7.99. The predicted molar refractivity (Wildman–Crippen MR) is 90.8 cm³/mol. The van der Waals surface area contributed by atoms with Gasteiger partial charge in [0.1, 0.15) is 0 Å². The molecule has 128 valence electrons. The molecule has 8 nitrogen and oxygen atoms in total. The lowest BCUT2D eigenvalue weighted by molar-refractivity contribution is -0.396. The van der Waals surface area contributed by atoms with Crippen LogP contribution in [0.25, 0.3) is 0 Å². The van der Waals surface area contributed by atoms with Crippen LogP contribution in [0.3, 0.4) is 0 Å². The van der Waals surface area contributed by atoms with Crippen LogP contribution in [0.4, 0.5) is 11.4 Å². The van der Waals surface area contributed by atoms with Gasteiger partial charge in [-0.25, -0.2) is 0 Å². The summed E-state index contributed by atoms with van der Waals surface area (Å²) in [4.78, 5) is 33.8. The summed E-state index contributed by atoms with van der Waals surface area (Å²) in [7, 11) is 0. The van der Waals surface area contributed by atoms with Gasteiger partial charge in [-0.1, -0.05) is 23.9 Å². The Hall–Kier alpha value is -2.94. The largest absolute Gasteiger partial charge is 0.349 e. The number of nitrogens with zero attached hydrogens (tertiary/aromatic N) is 2. The lowest BCUT2D eigenvalue weighted by Crippen LogP contribution is -2.25. The maximum absolute atomic E-state index is 12.3. The first kappa shape index (κ1) is 16.9. The molecule has 2 aromatic rings. The molecule has 0 aromatic heterocycles. The SMILES string of the molecule is O=C(NC1CC1)c1ccccc1Sc1ccc([N+](=O)[O-])cc1[N+](=O)[O-]. The van der Waals surface area contributed by atoms with Crippen LogP contribution in [0.15, 0.2) is 52.3 Å². The lowest BCUT2D eigenvalue weighted by Gasteiger charge is -2.09. The van der Waals surface area contributed by atoms with Crippen molar-refractivity contribution in [2.45, 2.75) is 28.7 Å². The third-order valence-electron chi connectivity index (χ3n) is 3.61. The monoisotopic (exact) mass is 359 g/mol. The van der Waals surface area contributed by atoms with E-state index in [-0.39, 0.29) is 28.2 Å². The minimum atomic E-state index is -0.682. The van der Waals surface area contributed by atoms with Crippen molar-refractivity contribution in [3.63, 3.8) is 0 Å². The number of rotatable bonds is 6. The van der Waals surface area contributed by atoms with Crippen molar-refractivity contribution in [2.75, 3.05) is 0 Å². The molecule has 0 saturated heterocycles. The number of nitro groups is 2. The summed E-state index contributed by atoms with van der Waals surface area (Å²) in [5, 5.41) is 25.0. The van der Waals surface area contributed by atoms with E-state index in [2.05, 4.69) is 5.32 Å². The number of non-ortho nitro benzene ring substituents is 1. The van der Waals surface area contributed by atoms with E-state index in [9.17, 15) is 25.0 Å². The van der Waals surface area contributed by atoms with Gasteiger partial charge in [0.25, 0.3) is 17.3 Å². The predicted octanol–water partition coefficient (Wildman–Crippen LogP) is 3.55. The van der Waals surface area contributed by atoms with Crippen molar-refractivity contribution in [2.24, 2.45) is 0 Å². The molecule has 1 fully saturated rings. The molecule has 1 aliphatic rings. The molecule has 0 heterocycles. The summed E-state index contributed by atoms with van der Waals surface area (Å²) < 4.78 is 0. The van der Waals surface area contributed by atoms with Crippen molar-refractivity contribution in [3.8, 4) is 0 Å². The molecule has 0 aliphatic heterocycles. The molecule has 1 amide bonds. The first-order chi connectivity index (χ1) is 12.0. The number of hydrogen-bond acceptors (Lipinski definition) is 6. The van der Waals surface area contributed by atoms with Crippen LogP contribution in [-0.2, 0) is 0 Å². The summed E-state index contributed by atoms with van der Waals surface area (Å²) in [5.74, 6) is -0.227. The number of carbonyl (C=O) groups excluding carboxylic acids is 1. The van der Waals surface area contributed by atoms with Gasteiger partial charge in [0.15, 0.2) is 0 Å². The maximum atomic E-state index is 12.3. The van der Waals surface area contributed by atoms with Crippen molar-refractivity contribution < 1.29 is 14.6 Å². The molecule has 0 bridgehead atoms. The second-order valence-corrected chi connectivity index (χ2v) is 6.60. The highest BCUT2D eigenvalue weighted by atomic mass is 32.2. The summed E-state index contributed by atoms with van der Waals surface area (Å²) >= 11 is 1.04. The van der Waals surface area contributed by atoms with E-state index >= 15 is 0 Å². The third kappa shape index (κ3) is 3.94. The molecule has 3 rings (SSSR count). The van der Waals surface area contributed by atoms with Crippen LogP contribution < -0.4 is 5.32 Å².